The second-order valence-corrected chi connectivity index (χ2v) is 10.5. The molecule has 0 unspecified atom stereocenters. The van der Waals surface area contributed by atoms with E-state index in [2.05, 4.69) is 0 Å². The van der Waals surface area contributed by atoms with Crippen molar-refractivity contribution in [2.75, 3.05) is 19.6 Å². The van der Waals surface area contributed by atoms with Crippen molar-refractivity contribution >= 4 is 12.1 Å². The molecule has 9 heteroatoms. The number of halogens is 2. The number of aliphatic hydroxyl groups is 1. The minimum absolute atomic E-state index is 0.0627. The summed E-state index contributed by atoms with van der Waals surface area (Å²) in [5.74, 6) is -3.77. The lowest BCUT2D eigenvalue weighted by Gasteiger charge is -2.34. The van der Waals surface area contributed by atoms with E-state index in [1.807, 2.05) is 30.3 Å². The normalized spacial score (nSPS) is 23.8. The molecule has 7 nitrogen and oxygen atoms in total. The van der Waals surface area contributed by atoms with Crippen molar-refractivity contribution in [3.8, 4) is 0 Å². The van der Waals surface area contributed by atoms with E-state index >= 15 is 0 Å². The lowest BCUT2D eigenvalue weighted by atomic mass is 9.86. The van der Waals surface area contributed by atoms with Gasteiger partial charge in [-0.2, -0.15) is 0 Å². The Labute approximate surface area is 193 Å². The molecular weight excluding hydrogens is 434 g/mol. The van der Waals surface area contributed by atoms with Crippen LogP contribution in [0.15, 0.2) is 30.3 Å². The first-order valence-electron chi connectivity index (χ1n) is 11.2. The van der Waals surface area contributed by atoms with E-state index in [1.165, 1.54) is 4.90 Å². The number of rotatable bonds is 6. The minimum atomic E-state index is -3.16. The molecule has 0 bridgehead atoms. The van der Waals surface area contributed by atoms with Gasteiger partial charge in [-0.15, -0.1) is 0 Å². The molecule has 0 aromatic heterocycles. The average molecular weight is 469 g/mol. The van der Waals surface area contributed by atoms with Crippen LogP contribution in [0.25, 0.3) is 0 Å². The maximum Gasteiger partial charge on any atom is 0.410 e. The fourth-order valence-corrected chi connectivity index (χ4v) is 4.37. The third-order valence-corrected chi connectivity index (χ3v) is 6.29. The van der Waals surface area contributed by atoms with Gasteiger partial charge in [-0.3, -0.25) is 14.6 Å². The van der Waals surface area contributed by atoms with Crippen LogP contribution in [-0.2, 0) is 20.9 Å². The first-order chi connectivity index (χ1) is 15.2. The Bertz CT molecular complexity index is 856. The van der Waals surface area contributed by atoms with E-state index in [9.17, 15) is 23.5 Å². The summed E-state index contributed by atoms with van der Waals surface area (Å²) < 4.78 is 40.6. The highest BCUT2D eigenvalue weighted by molar-refractivity contribution is 5.76. The quantitative estimate of drug-likeness (QED) is 0.645. The molecule has 0 aliphatic carbocycles. The molecule has 1 N–H and O–H groups in total. The second kappa shape index (κ2) is 9.18. The monoisotopic (exact) mass is 468 g/mol. The highest BCUT2D eigenvalue weighted by Crippen LogP contribution is 2.42. The molecule has 3 atom stereocenters. The Morgan fingerprint density at radius 2 is 1.82 bits per heavy atom. The van der Waals surface area contributed by atoms with Crippen LogP contribution in [0.1, 0.15) is 46.6 Å². The zero-order valence-corrected chi connectivity index (χ0v) is 19.9. The van der Waals surface area contributed by atoms with Gasteiger partial charge < -0.3 is 14.6 Å². The molecule has 2 heterocycles. The number of benzene rings is 1. The van der Waals surface area contributed by atoms with E-state index in [-0.39, 0.29) is 19.7 Å². The van der Waals surface area contributed by atoms with Crippen LogP contribution in [0.4, 0.5) is 13.6 Å². The Hall–Kier alpha value is -2.26. The number of amides is 1. The van der Waals surface area contributed by atoms with Crippen LogP contribution in [0.3, 0.4) is 0 Å². The summed E-state index contributed by atoms with van der Waals surface area (Å²) in [6.07, 6.45) is -1.65. The van der Waals surface area contributed by atoms with Crippen LogP contribution in [0, 0.1) is 5.41 Å². The summed E-state index contributed by atoms with van der Waals surface area (Å²) in [6.45, 7) is 7.62. The molecule has 2 fully saturated rings. The maximum absolute atomic E-state index is 14.9. The van der Waals surface area contributed by atoms with Crippen LogP contribution in [-0.4, -0.2) is 76.3 Å². The van der Waals surface area contributed by atoms with Gasteiger partial charge >= 0.3 is 12.1 Å². The van der Waals surface area contributed by atoms with Crippen LogP contribution in [0.2, 0.25) is 0 Å². The number of hydrogen-bond acceptors (Lipinski definition) is 6. The summed E-state index contributed by atoms with van der Waals surface area (Å²) in [7, 11) is 0. The molecule has 2 aliphatic rings. The van der Waals surface area contributed by atoms with Crippen molar-refractivity contribution in [2.45, 2.75) is 77.4 Å². The largest absolute Gasteiger partial charge is 0.460 e. The van der Waals surface area contributed by atoms with Crippen LogP contribution in [0.5, 0.6) is 0 Å². The third kappa shape index (κ3) is 5.63. The Morgan fingerprint density at radius 3 is 2.42 bits per heavy atom. The first kappa shape index (κ1) is 25.4. The van der Waals surface area contributed by atoms with Gasteiger partial charge in [0.25, 0.3) is 5.92 Å². The van der Waals surface area contributed by atoms with Crippen molar-refractivity contribution in [1.29, 1.82) is 0 Å². The third-order valence-electron chi connectivity index (χ3n) is 6.29. The summed E-state index contributed by atoms with van der Waals surface area (Å²) in [4.78, 5) is 27.7. The van der Waals surface area contributed by atoms with Gasteiger partial charge in [-0.25, -0.2) is 13.6 Å². The molecule has 33 heavy (non-hydrogen) atoms. The van der Waals surface area contributed by atoms with Crippen molar-refractivity contribution in [1.82, 2.24) is 9.80 Å². The van der Waals surface area contributed by atoms with Gasteiger partial charge in [0.15, 0.2) is 0 Å². The molecule has 2 saturated heterocycles. The van der Waals surface area contributed by atoms with Crippen molar-refractivity contribution in [3.63, 3.8) is 0 Å². The van der Waals surface area contributed by atoms with Gasteiger partial charge in [0, 0.05) is 13.1 Å². The number of fused-ring (bicyclic) bond motifs is 1. The summed E-state index contributed by atoms with van der Waals surface area (Å²) in [5, 5.41) is 10.8. The number of carbonyl (C=O) groups excluding carboxylic acids is 2. The Kier molecular flexibility index (Phi) is 7.05. The Balaban J connectivity index is 1.64. The number of nitrogens with zero attached hydrogens (tertiary/aromatic N) is 2. The molecule has 0 spiro atoms. The number of β-amino-alcohol motifs (C(OH)–C–C–N with tert-alkyl or cyclic N) is 1. The number of hydrogen-bond donors (Lipinski definition) is 1. The molecule has 0 radical (unpaired) electrons. The molecular formula is C24H34F2N2O5. The number of likely N-dealkylation sites (tertiary alicyclic amines) is 2. The van der Waals surface area contributed by atoms with Crippen molar-refractivity contribution in [2.24, 2.45) is 5.41 Å². The fraction of sp³-hybridized carbons (Fsp3) is 0.667. The minimum Gasteiger partial charge on any atom is -0.460 e. The highest BCUT2D eigenvalue weighted by atomic mass is 19.3. The zero-order valence-electron chi connectivity index (χ0n) is 19.9. The van der Waals surface area contributed by atoms with Crippen LogP contribution >= 0.6 is 0 Å². The predicted octanol–water partition coefficient (Wildman–Crippen LogP) is 3.45. The topological polar surface area (TPSA) is 79.3 Å². The van der Waals surface area contributed by atoms with Crippen molar-refractivity contribution < 1.29 is 33.0 Å². The lowest BCUT2D eigenvalue weighted by Crippen LogP contribution is -2.51. The second-order valence-electron chi connectivity index (χ2n) is 10.5. The molecule has 184 valence electrons. The Morgan fingerprint density at radius 1 is 1.18 bits per heavy atom. The van der Waals surface area contributed by atoms with Gasteiger partial charge in [-0.1, -0.05) is 30.3 Å². The van der Waals surface area contributed by atoms with E-state index in [0.29, 0.717) is 6.42 Å². The number of ether oxygens (including phenoxy) is 2. The molecule has 1 aromatic rings. The van der Waals surface area contributed by atoms with E-state index in [1.54, 1.807) is 34.6 Å². The van der Waals surface area contributed by atoms with E-state index in [0.717, 1.165) is 10.5 Å². The predicted molar refractivity (Wildman–Crippen MR) is 118 cm³/mol. The van der Waals surface area contributed by atoms with Crippen molar-refractivity contribution in [3.05, 3.63) is 35.9 Å². The molecule has 2 aliphatic heterocycles. The smallest absolute Gasteiger partial charge is 0.410 e. The zero-order chi connectivity index (χ0) is 24.6. The van der Waals surface area contributed by atoms with Gasteiger partial charge in [0.1, 0.15) is 12.2 Å². The van der Waals surface area contributed by atoms with Gasteiger partial charge in [0.05, 0.1) is 30.1 Å². The number of alkyl halides is 2. The molecule has 1 aromatic carbocycles. The summed E-state index contributed by atoms with van der Waals surface area (Å²) >= 11 is 0. The maximum atomic E-state index is 14.9. The molecule has 3 rings (SSSR count). The van der Waals surface area contributed by atoms with Gasteiger partial charge in [0.2, 0.25) is 0 Å². The van der Waals surface area contributed by atoms with Gasteiger partial charge in [-0.05, 0) is 46.6 Å². The number of carbonyl (C=O) groups is 2. The number of esters is 1. The fourth-order valence-electron chi connectivity index (χ4n) is 4.37. The van der Waals surface area contributed by atoms with Crippen LogP contribution < -0.4 is 0 Å². The summed E-state index contributed by atoms with van der Waals surface area (Å²) in [6, 6.07) is 7.20. The first-order valence-corrected chi connectivity index (χ1v) is 11.2. The number of aliphatic hydroxyl groups excluding tert-OH is 1. The summed E-state index contributed by atoms with van der Waals surface area (Å²) in [5.41, 5.74) is -1.28. The SMILES string of the molecule is CC(C)(C)OC(=O)N1CC(F)(F)[C@H]2[C@@H]1CCN2C[C@@H](O)C(C)(C)C(=O)OCc1ccccc1. The van der Waals surface area contributed by atoms with E-state index < -0.39 is 53.7 Å². The molecule has 1 amide bonds. The lowest BCUT2D eigenvalue weighted by molar-refractivity contribution is -0.163. The highest BCUT2D eigenvalue weighted by Gasteiger charge is 2.61. The average Bonchev–Trinajstić information content (AvgIpc) is 3.25. The standard InChI is InChI=1S/C24H34F2N2O5/c1-22(2,3)33-21(31)28-15-24(25,26)19-17(28)11-12-27(19)13-18(29)23(4,5)20(30)32-14-16-9-7-6-8-10-16/h6-10,17-19,29H,11-15H2,1-5H3/t17-,18+,19+/m0/s1. The van der Waals surface area contributed by atoms with E-state index in [4.69, 9.17) is 9.47 Å². The molecule has 0 saturated carbocycles.